The summed E-state index contributed by atoms with van der Waals surface area (Å²) in [6.45, 7) is 0.480. The first-order chi connectivity index (χ1) is 6.29. The van der Waals surface area contributed by atoms with E-state index in [1.54, 1.807) is 7.11 Å². The van der Waals surface area contributed by atoms with Crippen molar-refractivity contribution in [2.75, 3.05) is 7.11 Å². The molecule has 2 rings (SSSR count). The van der Waals surface area contributed by atoms with Gasteiger partial charge in [0, 0.05) is 7.11 Å². The van der Waals surface area contributed by atoms with E-state index in [4.69, 9.17) is 4.74 Å². The van der Waals surface area contributed by atoms with Gasteiger partial charge in [-0.25, -0.2) is 9.97 Å². The molecule has 0 spiro atoms. The van der Waals surface area contributed by atoms with E-state index < -0.39 is 0 Å². The minimum atomic E-state index is 0.480. The van der Waals surface area contributed by atoms with Gasteiger partial charge in [0.05, 0.1) is 5.52 Å². The van der Waals surface area contributed by atoms with Crippen LogP contribution in [0.25, 0.3) is 11.2 Å². The summed E-state index contributed by atoms with van der Waals surface area (Å²) in [4.78, 5) is 11.5. The van der Waals surface area contributed by atoms with Crippen LogP contribution in [0.3, 0.4) is 0 Å². The summed E-state index contributed by atoms with van der Waals surface area (Å²) < 4.78 is 5.74. The van der Waals surface area contributed by atoms with Gasteiger partial charge in [0.15, 0.2) is 5.65 Å². The van der Waals surface area contributed by atoms with Gasteiger partial charge in [0.2, 0.25) is 0 Å². The van der Waals surface area contributed by atoms with E-state index >= 15 is 0 Å². The zero-order chi connectivity index (χ0) is 9.26. The molecule has 0 unspecified atom stereocenters. The largest absolute Gasteiger partial charge is 0.377 e. The lowest BCUT2D eigenvalue weighted by atomic mass is 10.4. The quantitative estimate of drug-likeness (QED) is 0.818. The normalized spacial score (nSPS) is 10.9. The summed E-state index contributed by atoms with van der Waals surface area (Å²) in [5.41, 5.74) is 1.64. The molecule has 2 aromatic heterocycles. The highest BCUT2D eigenvalue weighted by Gasteiger charge is 2.02. The van der Waals surface area contributed by atoms with E-state index in [9.17, 15) is 0 Å². The molecule has 0 radical (unpaired) electrons. The van der Waals surface area contributed by atoms with Crippen LogP contribution in [0.15, 0.2) is 16.7 Å². The number of methoxy groups -OCH3 is 1. The number of rotatable bonds is 2. The highest BCUT2D eigenvalue weighted by molar-refractivity contribution is 9.10. The maximum atomic E-state index is 4.95. The number of halogens is 1. The summed E-state index contributed by atoms with van der Waals surface area (Å²) in [6, 6.07) is 3.80. The number of nitrogens with zero attached hydrogens (tertiary/aromatic N) is 2. The van der Waals surface area contributed by atoms with Crippen LogP contribution in [0.4, 0.5) is 0 Å². The standard InChI is InChI=1S/C8H8BrN3O/c1-13-4-7-10-5-2-3-6(9)11-8(5)12-7/h2-3H,4H2,1H3,(H,10,11,12). The Balaban J connectivity index is 2.49. The topological polar surface area (TPSA) is 50.8 Å². The van der Waals surface area contributed by atoms with Crippen molar-refractivity contribution in [3.8, 4) is 0 Å². The number of nitrogens with one attached hydrogen (secondary N) is 1. The van der Waals surface area contributed by atoms with Crippen LogP contribution >= 0.6 is 15.9 Å². The van der Waals surface area contributed by atoms with Crippen molar-refractivity contribution >= 4 is 27.1 Å². The van der Waals surface area contributed by atoms with E-state index in [0.29, 0.717) is 12.3 Å². The fraction of sp³-hybridized carbons (Fsp3) is 0.250. The van der Waals surface area contributed by atoms with Crippen molar-refractivity contribution in [1.82, 2.24) is 15.0 Å². The van der Waals surface area contributed by atoms with Crippen molar-refractivity contribution in [1.29, 1.82) is 0 Å². The number of H-pyrrole nitrogens is 1. The van der Waals surface area contributed by atoms with Crippen LogP contribution in [0.1, 0.15) is 5.82 Å². The summed E-state index contributed by atoms with van der Waals surface area (Å²) in [5, 5.41) is 0. The van der Waals surface area contributed by atoms with Gasteiger partial charge in [-0.05, 0) is 28.1 Å². The number of hydrogen-bond acceptors (Lipinski definition) is 3. The van der Waals surface area contributed by atoms with Gasteiger partial charge < -0.3 is 9.72 Å². The maximum Gasteiger partial charge on any atom is 0.178 e. The zero-order valence-electron chi connectivity index (χ0n) is 7.04. The average molecular weight is 242 g/mol. The average Bonchev–Trinajstić information content (AvgIpc) is 2.46. The first-order valence-corrected chi connectivity index (χ1v) is 4.59. The number of aromatic amines is 1. The predicted molar refractivity (Wildman–Crippen MR) is 52.3 cm³/mol. The molecule has 0 saturated carbocycles. The lowest BCUT2D eigenvalue weighted by molar-refractivity contribution is 0.179. The molecule has 0 bridgehead atoms. The molecule has 4 nitrogen and oxygen atoms in total. The van der Waals surface area contributed by atoms with Gasteiger partial charge in [-0.3, -0.25) is 0 Å². The Kier molecular flexibility index (Phi) is 2.28. The maximum absolute atomic E-state index is 4.95. The minimum Gasteiger partial charge on any atom is -0.377 e. The number of pyridine rings is 1. The summed E-state index contributed by atoms with van der Waals surface area (Å²) in [5.74, 6) is 0.795. The van der Waals surface area contributed by atoms with Crippen molar-refractivity contribution < 1.29 is 4.74 Å². The Morgan fingerprint density at radius 1 is 1.46 bits per heavy atom. The van der Waals surface area contributed by atoms with Crippen LogP contribution in [0, 0.1) is 0 Å². The first-order valence-electron chi connectivity index (χ1n) is 3.79. The summed E-state index contributed by atoms with van der Waals surface area (Å²) in [7, 11) is 1.64. The number of fused-ring (bicyclic) bond motifs is 1. The Bertz CT molecular complexity index is 426. The van der Waals surface area contributed by atoms with E-state index in [-0.39, 0.29) is 0 Å². The molecule has 13 heavy (non-hydrogen) atoms. The van der Waals surface area contributed by atoms with Gasteiger partial charge >= 0.3 is 0 Å². The summed E-state index contributed by atoms with van der Waals surface area (Å²) in [6.07, 6.45) is 0. The Hall–Kier alpha value is -0.940. The molecule has 1 N–H and O–H groups in total. The second-order valence-corrected chi connectivity index (χ2v) is 3.43. The third-order valence-corrected chi connectivity index (χ3v) is 2.08. The Labute approximate surface area is 83.5 Å². The van der Waals surface area contributed by atoms with Gasteiger partial charge in [-0.15, -0.1) is 0 Å². The molecule has 5 heteroatoms. The van der Waals surface area contributed by atoms with Crippen LogP contribution in [0.5, 0.6) is 0 Å². The van der Waals surface area contributed by atoms with Crippen molar-refractivity contribution in [3.05, 3.63) is 22.6 Å². The molecule has 0 aromatic carbocycles. The minimum absolute atomic E-state index is 0.480. The van der Waals surface area contributed by atoms with Gasteiger partial charge in [0.1, 0.15) is 17.0 Å². The number of hydrogen-bond donors (Lipinski definition) is 1. The van der Waals surface area contributed by atoms with Crippen molar-refractivity contribution in [3.63, 3.8) is 0 Å². The molecule has 2 heterocycles. The Morgan fingerprint density at radius 2 is 2.31 bits per heavy atom. The molecular formula is C8H8BrN3O. The number of imidazole rings is 1. The third-order valence-electron chi connectivity index (χ3n) is 1.64. The molecule has 0 atom stereocenters. The smallest absolute Gasteiger partial charge is 0.178 e. The third kappa shape index (κ3) is 1.71. The van der Waals surface area contributed by atoms with Crippen LogP contribution in [-0.4, -0.2) is 22.1 Å². The highest BCUT2D eigenvalue weighted by atomic mass is 79.9. The van der Waals surface area contributed by atoms with Crippen LogP contribution < -0.4 is 0 Å². The lowest BCUT2D eigenvalue weighted by Crippen LogP contribution is -1.88. The van der Waals surface area contributed by atoms with Crippen LogP contribution in [-0.2, 0) is 11.3 Å². The molecule has 0 amide bonds. The number of ether oxygens (including phenoxy) is 1. The van der Waals surface area contributed by atoms with E-state index in [2.05, 4.69) is 30.9 Å². The molecule has 0 aliphatic rings. The number of aromatic nitrogens is 3. The second-order valence-electron chi connectivity index (χ2n) is 2.62. The molecule has 0 aliphatic carbocycles. The molecule has 0 fully saturated rings. The van der Waals surface area contributed by atoms with Gasteiger partial charge in [0.25, 0.3) is 0 Å². The monoisotopic (exact) mass is 241 g/mol. The fourth-order valence-electron chi connectivity index (χ4n) is 1.12. The second kappa shape index (κ2) is 3.43. The van der Waals surface area contributed by atoms with E-state index in [1.807, 2.05) is 12.1 Å². The molecule has 68 valence electrons. The molecular weight excluding hydrogens is 234 g/mol. The Morgan fingerprint density at radius 3 is 3.08 bits per heavy atom. The van der Waals surface area contributed by atoms with Crippen molar-refractivity contribution in [2.45, 2.75) is 6.61 Å². The summed E-state index contributed by atoms with van der Waals surface area (Å²) >= 11 is 3.28. The zero-order valence-corrected chi connectivity index (χ0v) is 8.63. The van der Waals surface area contributed by atoms with Gasteiger partial charge in [-0.1, -0.05) is 0 Å². The van der Waals surface area contributed by atoms with E-state index in [0.717, 1.165) is 15.9 Å². The SMILES string of the molecule is COCc1nc2nc(Br)ccc2[nH]1. The van der Waals surface area contributed by atoms with Crippen molar-refractivity contribution in [2.24, 2.45) is 0 Å². The fourth-order valence-corrected chi connectivity index (χ4v) is 1.42. The first kappa shape index (κ1) is 8.65. The lowest BCUT2D eigenvalue weighted by Gasteiger charge is -1.89. The predicted octanol–water partition coefficient (Wildman–Crippen LogP) is 1.87. The molecule has 2 aromatic rings. The highest BCUT2D eigenvalue weighted by Crippen LogP contribution is 2.13. The molecule has 0 aliphatic heterocycles. The van der Waals surface area contributed by atoms with Crippen LogP contribution in [0.2, 0.25) is 0 Å². The molecule has 0 saturated heterocycles. The van der Waals surface area contributed by atoms with Gasteiger partial charge in [-0.2, -0.15) is 0 Å². The van der Waals surface area contributed by atoms with E-state index in [1.165, 1.54) is 0 Å².